The van der Waals surface area contributed by atoms with E-state index in [4.69, 9.17) is 0 Å². The molecule has 0 radical (unpaired) electrons. The van der Waals surface area contributed by atoms with E-state index in [9.17, 15) is 0 Å². The number of likely N-dealkylation sites (N-methyl/N-ethyl adjacent to an activating group) is 1. The summed E-state index contributed by atoms with van der Waals surface area (Å²) in [7, 11) is 0. The predicted molar refractivity (Wildman–Crippen MR) is 79.7 cm³/mol. The van der Waals surface area contributed by atoms with Crippen LogP contribution in [0.5, 0.6) is 0 Å². The first-order valence-electron chi connectivity index (χ1n) is 7.22. The Morgan fingerprint density at radius 2 is 2.47 bits per heavy atom. The van der Waals surface area contributed by atoms with Crippen LogP contribution in [0, 0.1) is 0 Å². The van der Waals surface area contributed by atoms with E-state index in [2.05, 4.69) is 44.3 Å². The molecule has 3 heterocycles. The second-order valence-electron chi connectivity index (χ2n) is 5.30. The largest absolute Gasteiger partial charge is 0.313 e. The summed E-state index contributed by atoms with van der Waals surface area (Å²) >= 11 is 1.70. The van der Waals surface area contributed by atoms with E-state index in [1.54, 1.807) is 11.3 Å². The van der Waals surface area contributed by atoms with Crippen LogP contribution < -0.4 is 5.32 Å². The monoisotopic (exact) mass is 278 g/mol. The molecule has 1 aliphatic rings. The molecule has 5 heteroatoms. The van der Waals surface area contributed by atoms with Gasteiger partial charge in [0.15, 0.2) is 4.96 Å². The summed E-state index contributed by atoms with van der Waals surface area (Å²) in [5.41, 5.74) is 1.18. The van der Waals surface area contributed by atoms with Crippen molar-refractivity contribution in [3.8, 4) is 0 Å². The van der Waals surface area contributed by atoms with E-state index in [1.165, 1.54) is 31.5 Å². The molecule has 1 aliphatic heterocycles. The predicted octanol–water partition coefficient (Wildman–Crippen LogP) is 2.36. The highest BCUT2D eigenvalue weighted by Gasteiger charge is 2.16. The zero-order chi connectivity index (χ0) is 13.1. The average molecular weight is 278 g/mol. The maximum absolute atomic E-state index is 4.67. The quantitative estimate of drug-likeness (QED) is 0.911. The minimum absolute atomic E-state index is 0.664. The second-order valence-corrected chi connectivity index (χ2v) is 6.17. The summed E-state index contributed by atoms with van der Waals surface area (Å²) in [5.74, 6) is 0. The molecule has 4 nitrogen and oxygen atoms in total. The third-order valence-corrected chi connectivity index (χ3v) is 4.64. The van der Waals surface area contributed by atoms with Crippen LogP contribution in [0.3, 0.4) is 0 Å². The molecule has 1 atom stereocenters. The van der Waals surface area contributed by atoms with Crippen LogP contribution in [0.25, 0.3) is 4.96 Å². The molecule has 2 aromatic heterocycles. The van der Waals surface area contributed by atoms with E-state index in [0.29, 0.717) is 6.04 Å². The van der Waals surface area contributed by atoms with Crippen molar-refractivity contribution >= 4 is 16.3 Å². The number of rotatable bonds is 5. The lowest BCUT2D eigenvalue weighted by atomic mass is 10.0. The van der Waals surface area contributed by atoms with Crippen molar-refractivity contribution in [3.05, 3.63) is 23.5 Å². The first-order chi connectivity index (χ1) is 9.35. The Morgan fingerprint density at radius 1 is 1.53 bits per heavy atom. The van der Waals surface area contributed by atoms with Gasteiger partial charge in [0.05, 0.1) is 5.69 Å². The van der Waals surface area contributed by atoms with Gasteiger partial charge in [-0.25, -0.2) is 4.98 Å². The van der Waals surface area contributed by atoms with Gasteiger partial charge >= 0.3 is 0 Å². The lowest BCUT2D eigenvalue weighted by Crippen LogP contribution is -2.43. The lowest BCUT2D eigenvalue weighted by Gasteiger charge is -2.29. The van der Waals surface area contributed by atoms with Crippen molar-refractivity contribution in [1.29, 1.82) is 0 Å². The zero-order valence-corrected chi connectivity index (χ0v) is 12.3. The van der Waals surface area contributed by atoms with E-state index < -0.39 is 0 Å². The minimum atomic E-state index is 0.664. The van der Waals surface area contributed by atoms with Gasteiger partial charge in [-0.1, -0.05) is 13.3 Å². The van der Waals surface area contributed by atoms with Crippen molar-refractivity contribution in [2.24, 2.45) is 0 Å². The Hall–Kier alpha value is -0.910. The molecular formula is C14H22N4S. The van der Waals surface area contributed by atoms with Gasteiger partial charge in [-0.05, 0) is 25.9 Å². The fraction of sp³-hybridized carbons (Fsp3) is 0.643. The number of thiazole rings is 1. The minimum Gasteiger partial charge on any atom is -0.313 e. The molecule has 0 aliphatic carbocycles. The van der Waals surface area contributed by atoms with Crippen LogP contribution in [0.1, 0.15) is 31.9 Å². The number of nitrogens with zero attached hydrogens (tertiary/aromatic N) is 3. The number of nitrogens with one attached hydrogen (secondary N) is 1. The standard InChI is InChI=1S/C14H22N4S/c1-2-17(9-12-5-3-4-6-15-12)10-13-11-18-7-8-19-14(18)16-13/h7-8,11-12,15H,2-6,9-10H2,1H3. The Balaban J connectivity index is 1.60. The number of imidazole rings is 1. The molecule has 1 N–H and O–H groups in total. The molecule has 0 aromatic carbocycles. The van der Waals surface area contributed by atoms with Crippen molar-refractivity contribution in [2.75, 3.05) is 19.6 Å². The summed E-state index contributed by atoms with van der Waals surface area (Å²) < 4.78 is 2.12. The summed E-state index contributed by atoms with van der Waals surface area (Å²) in [6.07, 6.45) is 8.25. The molecule has 2 aromatic rings. The summed E-state index contributed by atoms with van der Waals surface area (Å²) in [6.45, 7) is 6.61. The molecular weight excluding hydrogens is 256 g/mol. The highest BCUT2D eigenvalue weighted by Crippen LogP contribution is 2.14. The lowest BCUT2D eigenvalue weighted by molar-refractivity contribution is 0.224. The van der Waals surface area contributed by atoms with Crippen molar-refractivity contribution in [3.63, 3.8) is 0 Å². The maximum atomic E-state index is 4.67. The highest BCUT2D eigenvalue weighted by molar-refractivity contribution is 7.15. The van der Waals surface area contributed by atoms with E-state index >= 15 is 0 Å². The molecule has 0 bridgehead atoms. The van der Waals surface area contributed by atoms with Crippen molar-refractivity contribution < 1.29 is 0 Å². The Labute approximate surface area is 118 Å². The number of hydrogen-bond acceptors (Lipinski definition) is 4. The molecule has 0 spiro atoms. The Morgan fingerprint density at radius 3 is 3.21 bits per heavy atom. The molecule has 1 fully saturated rings. The first-order valence-corrected chi connectivity index (χ1v) is 8.10. The van der Waals surface area contributed by atoms with Crippen molar-refractivity contribution in [1.82, 2.24) is 19.6 Å². The van der Waals surface area contributed by atoms with Gasteiger partial charge in [0, 0.05) is 36.9 Å². The van der Waals surface area contributed by atoms with Gasteiger partial charge < -0.3 is 5.32 Å². The number of piperidine rings is 1. The second kappa shape index (κ2) is 6.03. The van der Waals surface area contributed by atoms with Gasteiger partial charge in [0.2, 0.25) is 0 Å². The van der Waals surface area contributed by atoms with Gasteiger partial charge in [0.1, 0.15) is 0 Å². The smallest absolute Gasteiger partial charge is 0.193 e. The molecule has 0 saturated carbocycles. The van der Waals surface area contributed by atoms with Gasteiger partial charge in [-0.2, -0.15) is 0 Å². The van der Waals surface area contributed by atoms with E-state index in [1.807, 2.05) is 0 Å². The van der Waals surface area contributed by atoms with Gasteiger partial charge in [-0.3, -0.25) is 9.30 Å². The maximum Gasteiger partial charge on any atom is 0.193 e. The van der Waals surface area contributed by atoms with Crippen LogP contribution in [-0.2, 0) is 6.54 Å². The van der Waals surface area contributed by atoms with Crippen LogP contribution in [0.15, 0.2) is 17.8 Å². The van der Waals surface area contributed by atoms with Crippen molar-refractivity contribution in [2.45, 2.75) is 38.8 Å². The molecule has 19 heavy (non-hydrogen) atoms. The van der Waals surface area contributed by atoms with Gasteiger partial charge in [-0.15, -0.1) is 11.3 Å². The van der Waals surface area contributed by atoms with Gasteiger partial charge in [0.25, 0.3) is 0 Å². The summed E-state index contributed by atoms with van der Waals surface area (Å²) in [6, 6.07) is 0.664. The molecule has 0 amide bonds. The molecule has 1 unspecified atom stereocenters. The number of fused-ring (bicyclic) bond motifs is 1. The molecule has 1 saturated heterocycles. The third-order valence-electron chi connectivity index (χ3n) is 3.87. The Kier molecular flexibility index (Phi) is 4.15. The normalized spacial score (nSPS) is 20.4. The van der Waals surface area contributed by atoms with Crippen LogP contribution in [0.2, 0.25) is 0 Å². The third kappa shape index (κ3) is 3.16. The number of hydrogen-bond donors (Lipinski definition) is 1. The fourth-order valence-electron chi connectivity index (χ4n) is 2.78. The summed E-state index contributed by atoms with van der Waals surface area (Å²) in [4.78, 5) is 8.27. The topological polar surface area (TPSA) is 32.6 Å². The Bertz CT molecular complexity index is 484. The fourth-order valence-corrected chi connectivity index (χ4v) is 3.50. The number of aromatic nitrogens is 2. The highest BCUT2D eigenvalue weighted by atomic mass is 32.1. The van der Waals surface area contributed by atoms with E-state index in [-0.39, 0.29) is 0 Å². The average Bonchev–Trinajstić information content (AvgIpc) is 3.00. The summed E-state index contributed by atoms with van der Waals surface area (Å²) in [5, 5.41) is 5.71. The first kappa shape index (κ1) is 13.1. The molecule has 3 rings (SSSR count). The molecule has 104 valence electrons. The van der Waals surface area contributed by atoms with Crippen LogP contribution in [-0.4, -0.2) is 40.0 Å². The van der Waals surface area contributed by atoms with E-state index in [0.717, 1.165) is 24.6 Å². The zero-order valence-electron chi connectivity index (χ0n) is 11.5. The van der Waals surface area contributed by atoms with Crippen LogP contribution >= 0.6 is 11.3 Å². The van der Waals surface area contributed by atoms with Crippen LogP contribution in [0.4, 0.5) is 0 Å². The SMILES string of the molecule is CCN(Cc1cn2ccsc2n1)CC1CCCCN1.